The molecule has 0 aliphatic rings. The number of pyridine rings is 1. The number of carbonyl (C=O) groups is 1. The lowest BCUT2D eigenvalue weighted by molar-refractivity contribution is -0.0512. The van der Waals surface area contributed by atoms with Crippen LogP contribution in [-0.4, -0.2) is 41.1 Å². The van der Waals surface area contributed by atoms with Crippen molar-refractivity contribution < 1.29 is 23.0 Å². The number of carbonyl (C=O) groups excluding carboxylic acids is 1. The third kappa shape index (κ3) is 4.42. The van der Waals surface area contributed by atoms with Crippen LogP contribution in [0.2, 0.25) is 0 Å². The first kappa shape index (κ1) is 21.3. The molecule has 0 aliphatic carbocycles. The first-order valence-corrected chi connectivity index (χ1v) is 9.29. The van der Waals surface area contributed by atoms with Crippen molar-refractivity contribution in [1.82, 2.24) is 14.5 Å². The van der Waals surface area contributed by atoms with E-state index in [0.29, 0.717) is 11.1 Å². The average Bonchev–Trinajstić information content (AvgIpc) is 3.01. The quantitative estimate of drug-likeness (QED) is 0.575. The molecule has 6 nitrogen and oxygen atoms in total. The molecule has 0 bridgehead atoms. The minimum atomic E-state index is -2.97. The van der Waals surface area contributed by atoms with Crippen molar-refractivity contribution in [3.05, 3.63) is 71.2 Å². The molecule has 1 aromatic carbocycles. The molecule has 1 amide bonds. The van der Waals surface area contributed by atoms with Gasteiger partial charge in [0, 0.05) is 31.2 Å². The predicted molar refractivity (Wildman–Crippen MR) is 108 cm³/mol. The number of hydrogen-bond acceptors (Lipinski definition) is 4. The van der Waals surface area contributed by atoms with E-state index in [0.717, 1.165) is 17.2 Å². The van der Waals surface area contributed by atoms with Crippen LogP contribution >= 0.6 is 0 Å². The fraction of sp³-hybridized carbons (Fsp3) is 0.273. The van der Waals surface area contributed by atoms with Crippen LogP contribution in [0.3, 0.4) is 0 Å². The molecule has 0 unspecified atom stereocenters. The van der Waals surface area contributed by atoms with E-state index < -0.39 is 6.61 Å². The van der Waals surface area contributed by atoms with E-state index in [4.69, 9.17) is 4.74 Å². The van der Waals surface area contributed by atoms with Gasteiger partial charge in [0.2, 0.25) is 0 Å². The van der Waals surface area contributed by atoms with Crippen LogP contribution < -0.4 is 9.47 Å². The molecule has 0 fully saturated rings. The second-order valence-electron chi connectivity index (χ2n) is 6.83. The maximum absolute atomic E-state index is 13.1. The van der Waals surface area contributed by atoms with Gasteiger partial charge in [0.05, 0.1) is 12.7 Å². The first-order chi connectivity index (χ1) is 14.3. The molecule has 0 saturated carbocycles. The Morgan fingerprint density at radius 2 is 1.93 bits per heavy atom. The molecule has 158 valence electrons. The molecule has 0 saturated heterocycles. The number of aromatic nitrogens is 2. The Morgan fingerprint density at radius 1 is 1.17 bits per heavy atom. The smallest absolute Gasteiger partial charge is 0.387 e. The standard InChI is InChI=1S/C22H23F2N3O3/c1-14-11-17(15(2)27(14)20-7-5-6-10-25-20)21(28)26(3)13-16-8-9-18(29-4)19(12-16)30-22(23)24/h5-12,22H,13H2,1-4H3. The SMILES string of the molecule is COc1ccc(CN(C)C(=O)c2cc(C)n(-c3ccccn3)c2C)cc1OC(F)F. The number of methoxy groups -OCH3 is 1. The summed E-state index contributed by atoms with van der Waals surface area (Å²) in [5, 5.41) is 0. The van der Waals surface area contributed by atoms with Crippen molar-refractivity contribution >= 4 is 5.91 Å². The Labute approximate surface area is 173 Å². The molecule has 0 atom stereocenters. The number of alkyl halides is 2. The van der Waals surface area contributed by atoms with Crippen molar-refractivity contribution in [2.45, 2.75) is 27.0 Å². The van der Waals surface area contributed by atoms with Crippen molar-refractivity contribution in [3.8, 4) is 17.3 Å². The largest absolute Gasteiger partial charge is 0.493 e. The number of nitrogens with zero attached hydrogens (tertiary/aromatic N) is 3. The second kappa shape index (κ2) is 8.94. The van der Waals surface area contributed by atoms with Crippen molar-refractivity contribution in [2.75, 3.05) is 14.2 Å². The van der Waals surface area contributed by atoms with E-state index in [2.05, 4.69) is 9.72 Å². The summed E-state index contributed by atoms with van der Waals surface area (Å²) in [5.41, 5.74) is 2.86. The van der Waals surface area contributed by atoms with Gasteiger partial charge >= 0.3 is 6.61 Å². The molecular formula is C22H23F2N3O3. The molecule has 0 radical (unpaired) electrons. The van der Waals surface area contributed by atoms with Crippen molar-refractivity contribution in [3.63, 3.8) is 0 Å². The third-order valence-corrected chi connectivity index (χ3v) is 4.75. The Bertz CT molecular complexity index is 1040. The zero-order valence-electron chi connectivity index (χ0n) is 17.2. The van der Waals surface area contributed by atoms with E-state index >= 15 is 0 Å². The molecule has 3 rings (SSSR count). The average molecular weight is 415 g/mol. The molecule has 30 heavy (non-hydrogen) atoms. The summed E-state index contributed by atoms with van der Waals surface area (Å²) in [4.78, 5) is 19.0. The number of ether oxygens (including phenoxy) is 2. The molecule has 0 spiro atoms. The van der Waals surface area contributed by atoms with Crippen molar-refractivity contribution in [1.29, 1.82) is 0 Å². The van der Waals surface area contributed by atoms with Gasteiger partial charge in [-0.05, 0) is 49.7 Å². The number of amides is 1. The van der Waals surface area contributed by atoms with Crippen LogP contribution in [-0.2, 0) is 6.54 Å². The Morgan fingerprint density at radius 3 is 2.57 bits per heavy atom. The zero-order valence-corrected chi connectivity index (χ0v) is 17.2. The summed E-state index contributed by atoms with van der Waals surface area (Å²) in [5.74, 6) is 0.682. The van der Waals surface area contributed by atoms with Gasteiger partial charge in [-0.2, -0.15) is 8.78 Å². The minimum Gasteiger partial charge on any atom is -0.493 e. The maximum Gasteiger partial charge on any atom is 0.387 e. The van der Waals surface area contributed by atoms with Crippen LogP contribution in [0.1, 0.15) is 27.3 Å². The van der Waals surface area contributed by atoms with Crippen LogP contribution in [0.15, 0.2) is 48.7 Å². The van der Waals surface area contributed by atoms with E-state index in [9.17, 15) is 13.6 Å². The Kier molecular flexibility index (Phi) is 6.34. The molecule has 8 heteroatoms. The Hall–Kier alpha value is -3.42. The molecular weight excluding hydrogens is 392 g/mol. The van der Waals surface area contributed by atoms with Crippen molar-refractivity contribution in [2.24, 2.45) is 0 Å². The van der Waals surface area contributed by atoms with E-state index in [1.807, 2.05) is 42.7 Å². The van der Waals surface area contributed by atoms with Crippen LogP contribution in [0.5, 0.6) is 11.5 Å². The van der Waals surface area contributed by atoms with Crippen LogP contribution in [0.4, 0.5) is 8.78 Å². The summed E-state index contributed by atoms with van der Waals surface area (Å²) >= 11 is 0. The number of rotatable bonds is 7. The summed E-state index contributed by atoms with van der Waals surface area (Å²) in [6.07, 6.45) is 1.70. The maximum atomic E-state index is 13.1. The fourth-order valence-corrected chi connectivity index (χ4v) is 3.38. The second-order valence-corrected chi connectivity index (χ2v) is 6.83. The lowest BCUT2D eigenvalue weighted by atomic mass is 10.1. The predicted octanol–water partition coefficient (Wildman–Crippen LogP) is 4.37. The lowest BCUT2D eigenvalue weighted by Crippen LogP contribution is -2.26. The Balaban J connectivity index is 1.83. The molecule has 2 heterocycles. The monoisotopic (exact) mass is 415 g/mol. The number of benzene rings is 1. The van der Waals surface area contributed by atoms with Gasteiger partial charge in [0.15, 0.2) is 11.5 Å². The number of aryl methyl sites for hydroxylation is 1. The zero-order chi connectivity index (χ0) is 21.8. The highest BCUT2D eigenvalue weighted by molar-refractivity contribution is 5.95. The minimum absolute atomic E-state index is 0.0702. The van der Waals surface area contributed by atoms with Gasteiger partial charge in [-0.1, -0.05) is 12.1 Å². The van der Waals surface area contributed by atoms with E-state index in [1.165, 1.54) is 24.1 Å². The number of halogens is 2. The van der Waals surface area contributed by atoms with Crippen LogP contribution in [0, 0.1) is 13.8 Å². The van der Waals surface area contributed by atoms with E-state index in [1.54, 1.807) is 19.3 Å². The van der Waals surface area contributed by atoms with Gasteiger partial charge in [0.1, 0.15) is 5.82 Å². The van der Waals surface area contributed by atoms with Gasteiger partial charge in [0.25, 0.3) is 5.91 Å². The summed E-state index contributed by atoms with van der Waals surface area (Å²) in [6, 6.07) is 12.1. The number of hydrogen-bond donors (Lipinski definition) is 0. The third-order valence-electron chi connectivity index (χ3n) is 4.75. The fourth-order valence-electron chi connectivity index (χ4n) is 3.38. The first-order valence-electron chi connectivity index (χ1n) is 9.29. The highest BCUT2D eigenvalue weighted by Crippen LogP contribution is 2.30. The van der Waals surface area contributed by atoms with Gasteiger partial charge in [-0.25, -0.2) is 4.98 Å². The highest BCUT2D eigenvalue weighted by Gasteiger charge is 2.21. The van der Waals surface area contributed by atoms with E-state index in [-0.39, 0.29) is 24.0 Å². The molecule has 0 N–H and O–H groups in total. The molecule has 0 aliphatic heterocycles. The van der Waals surface area contributed by atoms with Gasteiger partial charge < -0.3 is 18.9 Å². The normalized spacial score (nSPS) is 10.9. The molecule has 3 aromatic rings. The highest BCUT2D eigenvalue weighted by atomic mass is 19.3. The topological polar surface area (TPSA) is 56.6 Å². The van der Waals surface area contributed by atoms with Crippen LogP contribution in [0.25, 0.3) is 5.82 Å². The van der Waals surface area contributed by atoms with Gasteiger partial charge in [-0.3, -0.25) is 4.79 Å². The summed E-state index contributed by atoms with van der Waals surface area (Å²) < 4.78 is 36.8. The molecule has 2 aromatic heterocycles. The lowest BCUT2D eigenvalue weighted by Gasteiger charge is -2.19. The summed E-state index contributed by atoms with van der Waals surface area (Å²) in [7, 11) is 3.04. The summed E-state index contributed by atoms with van der Waals surface area (Å²) in [6.45, 7) is 1.03. The van der Waals surface area contributed by atoms with Gasteiger partial charge in [-0.15, -0.1) is 0 Å².